The number of amides is 1. The van der Waals surface area contributed by atoms with E-state index in [1.165, 1.54) is 45.2 Å². The van der Waals surface area contributed by atoms with Crippen molar-refractivity contribution < 1.29 is 9.69 Å². The summed E-state index contributed by atoms with van der Waals surface area (Å²) in [6, 6.07) is 8.01. The van der Waals surface area contributed by atoms with Crippen molar-refractivity contribution in [3.05, 3.63) is 34.9 Å². The first-order valence-corrected chi connectivity index (χ1v) is 8.51. The zero-order valence-electron chi connectivity index (χ0n) is 12.4. The first-order valence-electron chi connectivity index (χ1n) is 8.13. The molecule has 3 nitrogen and oxygen atoms in total. The Kier molecular flexibility index (Phi) is 4.81. The van der Waals surface area contributed by atoms with Crippen LogP contribution in [0.5, 0.6) is 0 Å². The monoisotopic (exact) mass is 307 g/mol. The average molecular weight is 308 g/mol. The van der Waals surface area contributed by atoms with Gasteiger partial charge in [-0.25, -0.2) is 0 Å². The standard InChI is InChI=1S/C17H23ClN2O/c18-15-8-2-1-7-14(15)17(21)19-12-13-6-5-11-20-10-4-3-9-16(13)20/h1-2,7-8,13,16H,3-6,9-12H2,(H,19,21)/p+1/t13-,16+/m0/s1. The predicted octanol–water partition coefficient (Wildman–Crippen LogP) is 1.92. The molecule has 2 fully saturated rings. The van der Waals surface area contributed by atoms with Crippen LogP contribution in [0.15, 0.2) is 24.3 Å². The molecule has 0 saturated carbocycles. The van der Waals surface area contributed by atoms with E-state index in [1.54, 1.807) is 17.0 Å². The molecule has 0 aliphatic carbocycles. The van der Waals surface area contributed by atoms with Gasteiger partial charge in [0.25, 0.3) is 5.91 Å². The van der Waals surface area contributed by atoms with E-state index in [9.17, 15) is 4.79 Å². The highest BCUT2D eigenvalue weighted by atomic mass is 35.5. The Balaban J connectivity index is 1.59. The molecule has 2 saturated heterocycles. The van der Waals surface area contributed by atoms with Crippen LogP contribution in [0.1, 0.15) is 42.5 Å². The van der Waals surface area contributed by atoms with E-state index in [4.69, 9.17) is 11.6 Å². The lowest BCUT2D eigenvalue weighted by Crippen LogP contribution is -3.18. The van der Waals surface area contributed by atoms with Crippen LogP contribution in [0.25, 0.3) is 0 Å². The molecule has 1 aromatic carbocycles. The topological polar surface area (TPSA) is 33.5 Å². The number of quaternary nitrogens is 1. The summed E-state index contributed by atoms with van der Waals surface area (Å²) in [5.41, 5.74) is 0.586. The molecule has 2 aliphatic heterocycles. The van der Waals surface area contributed by atoms with Crippen LogP contribution in [0, 0.1) is 5.92 Å². The molecule has 2 heterocycles. The first kappa shape index (κ1) is 14.9. The third-order valence-electron chi connectivity index (χ3n) is 5.07. The lowest BCUT2D eigenvalue weighted by Gasteiger charge is -2.41. The van der Waals surface area contributed by atoms with Crippen LogP contribution in [0.3, 0.4) is 0 Å². The van der Waals surface area contributed by atoms with E-state index in [1.807, 2.05) is 12.1 Å². The van der Waals surface area contributed by atoms with Gasteiger partial charge in [0.2, 0.25) is 0 Å². The molecule has 4 heteroatoms. The number of fused-ring (bicyclic) bond motifs is 1. The number of rotatable bonds is 3. The summed E-state index contributed by atoms with van der Waals surface area (Å²) in [4.78, 5) is 14.0. The molecule has 2 N–H and O–H groups in total. The van der Waals surface area contributed by atoms with Gasteiger partial charge in [-0.15, -0.1) is 0 Å². The number of hydrogen-bond acceptors (Lipinski definition) is 1. The molecule has 0 spiro atoms. The van der Waals surface area contributed by atoms with Gasteiger partial charge in [-0.05, 0) is 44.2 Å². The summed E-state index contributed by atoms with van der Waals surface area (Å²) in [7, 11) is 0. The minimum atomic E-state index is -0.0384. The van der Waals surface area contributed by atoms with Crippen LogP contribution in [0.4, 0.5) is 0 Å². The number of carbonyl (C=O) groups is 1. The van der Waals surface area contributed by atoms with Gasteiger partial charge in [-0.3, -0.25) is 4.79 Å². The van der Waals surface area contributed by atoms with Crippen molar-refractivity contribution >= 4 is 17.5 Å². The van der Waals surface area contributed by atoms with Crippen molar-refractivity contribution in [2.45, 2.75) is 38.1 Å². The fourth-order valence-electron chi connectivity index (χ4n) is 3.99. The van der Waals surface area contributed by atoms with Crippen molar-refractivity contribution in [1.29, 1.82) is 0 Å². The molecule has 1 unspecified atom stereocenters. The molecular weight excluding hydrogens is 284 g/mol. The third kappa shape index (κ3) is 3.41. The molecule has 3 rings (SSSR count). The highest BCUT2D eigenvalue weighted by Gasteiger charge is 2.36. The maximum atomic E-state index is 12.3. The van der Waals surface area contributed by atoms with E-state index in [-0.39, 0.29) is 5.91 Å². The second kappa shape index (κ2) is 6.80. The van der Waals surface area contributed by atoms with Crippen molar-refractivity contribution in [3.8, 4) is 0 Å². The van der Waals surface area contributed by atoms with Gasteiger partial charge < -0.3 is 10.2 Å². The zero-order chi connectivity index (χ0) is 14.7. The van der Waals surface area contributed by atoms with Crippen LogP contribution in [-0.4, -0.2) is 31.6 Å². The molecular formula is C17H24ClN2O+. The number of carbonyl (C=O) groups excluding carboxylic acids is 1. The normalized spacial score (nSPS) is 28.7. The fourth-order valence-corrected chi connectivity index (χ4v) is 4.21. The first-order chi connectivity index (χ1) is 10.3. The van der Waals surface area contributed by atoms with Crippen LogP contribution in [0.2, 0.25) is 5.02 Å². The molecule has 114 valence electrons. The van der Waals surface area contributed by atoms with Gasteiger partial charge in [0.15, 0.2) is 0 Å². The van der Waals surface area contributed by atoms with E-state index in [2.05, 4.69) is 5.32 Å². The number of halogens is 1. The summed E-state index contributed by atoms with van der Waals surface area (Å²) in [5.74, 6) is 0.587. The number of piperidine rings is 2. The highest BCUT2D eigenvalue weighted by Crippen LogP contribution is 2.20. The summed E-state index contributed by atoms with van der Waals surface area (Å²) in [5, 5.41) is 3.64. The summed E-state index contributed by atoms with van der Waals surface area (Å²) in [6.07, 6.45) is 6.57. The molecule has 0 radical (unpaired) electrons. The van der Waals surface area contributed by atoms with E-state index >= 15 is 0 Å². The predicted molar refractivity (Wildman–Crippen MR) is 84.8 cm³/mol. The lowest BCUT2D eigenvalue weighted by molar-refractivity contribution is -0.939. The molecule has 2 aliphatic rings. The second-order valence-electron chi connectivity index (χ2n) is 6.35. The molecule has 1 aromatic rings. The number of hydrogen-bond donors (Lipinski definition) is 2. The molecule has 21 heavy (non-hydrogen) atoms. The second-order valence-corrected chi connectivity index (χ2v) is 6.76. The van der Waals surface area contributed by atoms with Gasteiger partial charge in [0.1, 0.15) is 0 Å². The van der Waals surface area contributed by atoms with Gasteiger partial charge in [-0.2, -0.15) is 0 Å². The summed E-state index contributed by atoms with van der Waals surface area (Å²) in [6.45, 7) is 3.43. The van der Waals surface area contributed by atoms with E-state index in [0.29, 0.717) is 16.5 Å². The third-order valence-corrected chi connectivity index (χ3v) is 5.40. The Morgan fingerprint density at radius 3 is 2.86 bits per heavy atom. The van der Waals surface area contributed by atoms with Gasteiger partial charge in [0, 0.05) is 12.5 Å². The van der Waals surface area contributed by atoms with Crippen molar-refractivity contribution in [3.63, 3.8) is 0 Å². The molecule has 0 aromatic heterocycles. The average Bonchev–Trinajstić information content (AvgIpc) is 2.53. The van der Waals surface area contributed by atoms with Crippen LogP contribution in [-0.2, 0) is 0 Å². The van der Waals surface area contributed by atoms with Gasteiger partial charge in [-0.1, -0.05) is 23.7 Å². The van der Waals surface area contributed by atoms with E-state index < -0.39 is 0 Å². The highest BCUT2D eigenvalue weighted by molar-refractivity contribution is 6.33. The van der Waals surface area contributed by atoms with Crippen LogP contribution < -0.4 is 10.2 Å². The van der Waals surface area contributed by atoms with Crippen molar-refractivity contribution in [2.75, 3.05) is 19.6 Å². The smallest absolute Gasteiger partial charge is 0.252 e. The minimum Gasteiger partial charge on any atom is -0.351 e. The molecule has 3 atom stereocenters. The zero-order valence-corrected chi connectivity index (χ0v) is 13.2. The van der Waals surface area contributed by atoms with Crippen molar-refractivity contribution in [1.82, 2.24) is 5.32 Å². The van der Waals surface area contributed by atoms with Crippen LogP contribution >= 0.6 is 11.6 Å². The minimum absolute atomic E-state index is 0.0384. The van der Waals surface area contributed by atoms with E-state index in [0.717, 1.165) is 12.6 Å². The lowest BCUT2D eigenvalue weighted by atomic mass is 9.83. The Bertz CT molecular complexity index is 503. The Hall–Kier alpha value is -1.06. The largest absolute Gasteiger partial charge is 0.351 e. The van der Waals surface area contributed by atoms with Gasteiger partial charge >= 0.3 is 0 Å². The maximum absolute atomic E-state index is 12.3. The van der Waals surface area contributed by atoms with Gasteiger partial charge in [0.05, 0.1) is 29.7 Å². The number of benzene rings is 1. The fraction of sp³-hybridized carbons (Fsp3) is 0.588. The quantitative estimate of drug-likeness (QED) is 0.879. The SMILES string of the molecule is O=C(NC[C@@H]1CCC[NH+]2CCCC[C@H]12)c1ccccc1Cl. The number of nitrogens with one attached hydrogen (secondary N) is 2. The summed E-state index contributed by atoms with van der Waals surface area (Å²) < 4.78 is 0. The maximum Gasteiger partial charge on any atom is 0.252 e. The summed E-state index contributed by atoms with van der Waals surface area (Å²) >= 11 is 6.09. The Morgan fingerprint density at radius 1 is 1.19 bits per heavy atom. The molecule has 0 bridgehead atoms. The molecule has 1 amide bonds. The van der Waals surface area contributed by atoms with Crippen molar-refractivity contribution in [2.24, 2.45) is 5.92 Å². The Morgan fingerprint density at radius 2 is 2.00 bits per heavy atom. The Labute approximate surface area is 131 Å².